The quantitative estimate of drug-likeness (QED) is 0.542. The van der Waals surface area contributed by atoms with Crippen LogP contribution in [0.2, 0.25) is 0 Å². The Balaban J connectivity index is 1.94. The Hall–Kier alpha value is -3.28. The van der Waals surface area contributed by atoms with Gasteiger partial charge in [-0.15, -0.1) is 18.3 Å². The maximum atomic E-state index is 12.8. The van der Waals surface area contributed by atoms with Crippen LogP contribution in [0.1, 0.15) is 23.1 Å². The first kappa shape index (κ1) is 19.1. The Labute approximate surface area is 167 Å². The number of nitrogens with zero attached hydrogens (tertiary/aromatic N) is 2. The molecule has 0 radical (unpaired) electrons. The molecule has 0 aliphatic carbocycles. The van der Waals surface area contributed by atoms with Gasteiger partial charge in [-0.25, -0.2) is 0 Å². The van der Waals surface area contributed by atoms with Crippen molar-refractivity contribution in [2.45, 2.75) is 18.3 Å². The predicted octanol–water partition coefficient (Wildman–Crippen LogP) is 5.53. The van der Waals surface area contributed by atoms with E-state index < -0.39 is 11.9 Å². The SMILES string of the molecule is FC(F)(F)OC1=NN(C(c2ccccc2)(c2ccccc2)c2ccccc2)CC1. The molecule has 0 spiro atoms. The van der Waals surface area contributed by atoms with E-state index in [2.05, 4.69) is 9.84 Å². The molecule has 3 nitrogen and oxygen atoms in total. The second-order valence-corrected chi connectivity index (χ2v) is 6.72. The van der Waals surface area contributed by atoms with Crippen LogP contribution >= 0.6 is 0 Å². The van der Waals surface area contributed by atoms with E-state index >= 15 is 0 Å². The molecule has 0 saturated heterocycles. The van der Waals surface area contributed by atoms with Gasteiger partial charge in [0.05, 0.1) is 0 Å². The van der Waals surface area contributed by atoms with Crippen molar-refractivity contribution in [3.05, 3.63) is 108 Å². The zero-order chi connectivity index (χ0) is 20.3. The summed E-state index contributed by atoms with van der Waals surface area (Å²) in [4.78, 5) is 0. The second-order valence-electron chi connectivity index (χ2n) is 6.72. The first-order chi connectivity index (χ1) is 14.0. The first-order valence-corrected chi connectivity index (χ1v) is 9.27. The van der Waals surface area contributed by atoms with Gasteiger partial charge < -0.3 is 4.74 Å². The normalized spacial score (nSPS) is 14.6. The summed E-state index contributed by atoms with van der Waals surface area (Å²) in [6.45, 7) is 0.296. The van der Waals surface area contributed by atoms with Gasteiger partial charge in [0.25, 0.3) is 0 Å². The van der Waals surface area contributed by atoms with Crippen LogP contribution in [0.3, 0.4) is 0 Å². The number of ether oxygens (including phenoxy) is 1. The fourth-order valence-electron chi connectivity index (χ4n) is 3.87. The minimum Gasteiger partial charge on any atom is -0.390 e. The van der Waals surface area contributed by atoms with Gasteiger partial charge in [0, 0.05) is 13.0 Å². The van der Waals surface area contributed by atoms with Crippen LogP contribution in [0, 0.1) is 0 Å². The monoisotopic (exact) mass is 396 g/mol. The highest BCUT2D eigenvalue weighted by atomic mass is 19.4. The molecule has 0 fully saturated rings. The van der Waals surface area contributed by atoms with Gasteiger partial charge in [0.15, 0.2) is 0 Å². The molecule has 148 valence electrons. The fraction of sp³-hybridized carbons (Fsp3) is 0.174. The van der Waals surface area contributed by atoms with Crippen LogP contribution in [0.25, 0.3) is 0 Å². The van der Waals surface area contributed by atoms with Crippen LogP contribution in [-0.4, -0.2) is 23.8 Å². The van der Waals surface area contributed by atoms with Crippen LogP contribution in [-0.2, 0) is 10.3 Å². The lowest BCUT2D eigenvalue weighted by Gasteiger charge is -2.42. The average molecular weight is 396 g/mol. The molecule has 0 aromatic heterocycles. The van der Waals surface area contributed by atoms with Gasteiger partial charge in [-0.3, -0.25) is 5.01 Å². The van der Waals surface area contributed by atoms with Crippen LogP contribution in [0.4, 0.5) is 13.2 Å². The molecule has 0 atom stereocenters. The van der Waals surface area contributed by atoms with Crippen molar-refractivity contribution >= 4 is 5.90 Å². The number of hydrogen-bond acceptors (Lipinski definition) is 3. The van der Waals surface area contributed by atoms with Gasteiger partial charge in [-0.05, 0) is 16.7 Å². The van der Waals surface area contributed by atoms with E-state index in [1.807, 2.05) is 91.0 Å². The summed E-state index contributed by atoms with van der Waals surface area (Å²) in [7, 11) is 0. The maximum absolute atomic E-state index is 12.8. The zero-order valence-electron chi connectivity index (χ0n) is 15.5. The molecule has 0 unspecified atom stereocenters. The number of halogens is 3. The van der Waals surface area contributed by atoms with Crippen molar-refractivity contribution in [2.75, 3.05) is 6.54 Å². The highest BCUT2D eigenvalue weighted by Crippen LogP contribution is 2.44. The number of benzene rings is 3. The molecule has 3 aromatic rings. The standard InChI is InChI=1S/C23H19F3N2O/c24-23(25,26)29-21-16-17-28(27-21)22(18-10-4-1-5-11-18,19-12-6-2-7-13-19)20-14-8-3-9-15-20/h1-15H,16-17H2. The van der Waals surface area contributed by atoms with Crippen molar-refractivity contribution in [1.82, 2.24) is 5.01 Å². The maximum Gasteiger partial charge on any atom is 0.574 e. The van der Waals surface area contributed by atoms with Crippen molar-refractivity contribution in [1.29, 1.82) is 0 Å². The highest BCUT2D eigenvalue weighted by molar-refractivity contribution is 5.78. The van der Waals surface area contributed by atoms with Crippen molar-refractivity contribution < 1.29 is 17.9 Å². The summed E-state index contributed by atoms with van der Waals surface area (Å²) in [5.41, 5.74) is 1.85. The van der Waals surface area contributed by atoms with Crippen LogP contribution in [0.5, 0.6) is 0 Å². The lowest BCUT2D eigenvalue weighted by atomic mass is 9.76. The topological polar surface area (TPSA) is 24.8 Å². The molecule has 0 bridgehead atoms. The number of hydrogen-bond donors (Lipinski definition) is 0. The summed E-state index contributed by atoms with van der Waals surface area (Å²) in [5.74, 6) is -0.329. The predicted molar refractivity (Wildman–Crippen MR) is 105 cm³/mol. The van der Waals surface area contributed by atoms with Gasteiger partial charge in [0.2, 0.25) is 5.90 Å². The second kappa shape index (κ2) is 7.62. The highest BCUT2D eigenvalue weighted by Gasteiger charge is 2.45. The third-order valence-electron chi connectivity index (χ3n) is 4.97. The Morgan fingerprint density at radius 2 is 1.10 bits per heavy atom. The van der Waals surface area contributed by atoms with Gasteiger partial charge in [0.1, 0.15) is 5.54 Å². The fourth-order valence-corrected chi connectivity index (χ4v) is 3.87. The van der Waals surface area contributed by atoms with Gasteiger partial charge in [-0.1, -0.05) is 91.0 Å². The molecule has 6 heteroatoms. The molecule has 4 rings (SSSR count). The molecule has 0 N–H and O–H groups in total. The Morgan fingerprint density at radius 3 is 1.48 bits per heavy atom. The summed E-state index contributed by atoms with van der Waals surface area (Å²) < 4.78 is 42.5. The van der Waals surface area contributed by atoms with Crippen molar-refractivity contribution in [2.24, 2.45) is 5.10 Å². The Kier molecular flexibility index (Phi) is 5.01. The molecule has 29 heavy (non-hydrogen) atoms. The zero-order valence-corrected chi connectivity index (χ0v) is 15.5. The minimum atomic E-state index is -4.76. The van der Waals surface area contributed by atoms with Crippen LogP contribution < -0.4 is 0 Å². The molecule has 3 aromatic carbocycles. The van der Waals surface area contributed by atoms with E-state index in [1.165, 1.54) is 0 Å². The molecule has 1 heterocycles. The first-order valence-electron chi connectivity index (χ1n) is 9.27. The number of alkyl halides is 3. The molecule has 1 aliphatic heterocycles. The lowest BCUT2D eigenvalue weighted by molar-refractivity contribution is -0.284. The molecule has 0 saturated carbocycles. The molecular formula is C23H19F3N2O. The average Bonchev–Trinajstić information content (AvgIpc) is 3.18. The Bertz CT molecular complexity index is 877. The van der Waals surface area contributed by atoms with E-state index in [-0.39, 0.29) is 12.3 Å². The number of rotatable bonds is 4. The van der Waals surface area contributed by atoms with E-state index in [4.69, 9.17) is 0 Å². The summed E-state index contributed by atoms with van der Waals surface area (Å²) in [6, 6.07) is 29.1. The van der Waals surface area contributed by atoms with Gasteiger partial charge >= 0.3 is 6.36 Å². The molecule has 1 aliphatic rings. The van der Waals surface area contributed by atoms with Crippen molar-refractivity contribution in [3.8, 4) is 0 Å². The summed E-state index contributed by atoms with van der Waals surface area (Å²) >= 11 is 0. The molecular weight excluding hydrogens is 377 g/mol. The largest absolute Gasteiger partial charge is 0.574 e. The van der Waals surface area contributed by atoms with Crippen molar-refractivity contribution in [3.63, 3.8) is 0 Å². The van der Waals surface area contributed by atoms with Crippen LogP contribution in [0.15, 0.2) is 96.1 Å². The van der Waals surface area contributed by atoms with E-state index in [9.17, 15) is 13.2 Å². The van der Waals surface area contributed by atoms with E-state index in [0.29, 0.717) is 6.54 Å². The van der Waals surface area contributed by atoms with Gasteiger partial charge in [-0.2, -0.15) is 0 Å². The smallest absolute Gasteiger partial charge is 0.390 e. The summed E-state index contributed by atoms with van der Waals surface area (Å²) in [5, 5.41) is 5.99. The third kappa shape index (κ3) is 3.70. The number of hydrazone groups is 1. The lowest BCUT2D eigenvalue weighted by Crippen LogP contribution is -2.44. The molecule has 0 amide bonds. The summed E-state index contributed by atoms with van der Waals surface area (Å²) in [6.07, 6.45) is -4.68. The van der Waals surface area contributed by atoms with E-state index in [1.54, 1.807) is 5.01 Å². The van der Waals surface area contributed by atoms with E-state index in [0.717, 1.165) is 16.7 Å². The minimum absolute atomic E-state index is 0.0771. The third-order valence-corrected chi connectivity index (χ3v) is 4.97. The Morgan fingerprint density at radius 1 is 0.690 bits per heavy atom.